The van der Waals surface area contributed by atoms with E-state index in [1.807, 2.05) is 0 Å². The van der Waals surface area contributed by atoms with Gasteiger partial charge in [-0.3, -0.25) is 9.48 Å². The van der Waals surface area contributed by atoms with Crippen LogP contribution in [0.25, 0.3) is 0 Å². The van der Waals surface area contributed by atoms with Gasteiger partial charge in [-0.05, 0) is 20.8 Å². The Morgan fingerprint density at radius 1 is 1.50 bits per heavy atom. The number of aryl methyl sites for hydroxylation is 1. The highest BCUT2D eigenvalue weighted by Gasteiger charge is 2.10. The molecule has 0 atom stereocenters. The molecule has 0 saturated carbocycles. The van der Waals surface area contributed by atoms with E-state index in [2.05, 4.69) is 36.5 Å². The first-order valence-corrected chi connectivity index (χ1v) is 5.41. The molecule has 0 bridgehead atoms. The van der Waals surface area contributed by atoms with Crippen molar-refractivity contribution in [2.24, 2.45) is 7.05 Å². The Hall–Kier alpha value is -1.36. The molecule has 90 valence electrons. The van der Waals surface area contributed by atoms with Gasteiger partial charge in [0.05, 0.1) is 6.20 Å². The van der Waals surface area contributed by atoms with Crippen molar-refractivity contribution in [3.05, 3.63) is 12.3 Å². The van der Waals surface area contributed by atoms with Gasteiger partial charge in [-0.25, -0.2) is 0 Å². The SMILES string of the molecule is Cn1nccc1NC(=O)CCNC(C)(C)C. The summed E-state index contributed by atoms with van der Waals surface area (Å²) in [5, 5.41) is 10.0. The summed E-state index contributed by atoms with van der Waals surface area (Å²) >= 11 is 0. The molecule has 0 fully saturated rings. The minimum Gasteiger partial charge on any atom is -0.312 e. The molecular weight excluding hydrogens is 204 g/mol. The first kappa shape index (κ1) is 12.7. The number of amides is 1. The predicted octanol–water partition coefficient (Wildman–Crippen LogP) is 1.14. The molecule has 0 unspecified atom stereocenters. The van der Waals surface area contributed by atoms with Gasteiger partial charge in [-0.15, -0.1) is 0 Å². The average molecular weight is 224 g/mol. The van der Waals surface area contributed by atoms with E-state index in [1.165, 1.54) is 0 Å². The fraction of sp³-hybridized carbons (Fsp3) is 0.636. The quantitative estimate of drug-likeness (QED) is 0.806. The smallest absolute Gasteiger partial charge is 0.226 e. The third-order valence-electron chi connectivity index (χ3n) is 2.10. The van der Waals surface area contributed by atoms with Gasteiger partial charge >= 0.3 is 0 Å². The molecule has 2 N–H and O–H groups in total. The molecule has 0 aliphatic heterocycles. The van der Waals surface area contributed by atoms with Crippen molar-refractivity contribution in [3.8, 4) is 0 Å². The van der Waals surface area contributed by atoms with Gasteiger partial charge < -0.3 is 10.6 Å². The van der Waals surface area contributed by atoms with E-state index in [0.29, 0.717) is 13.0 Å². The van der Waals surface area contributed by atoms with E-state index in [0.717, 1.165) is 5.82 Å². The number of nitrogens with zero attached hydrogens (tertiary/aromatic N) is 2. The van der Waals surface area contributed by atoms with Gasteiger partial charge in [0, 0.05) is 31.6 Å². The largest absolute Gasteiger partial charge is 0.312 e. The molecule has 0 aliphatic carbocycles. The maximum absolute atomic E-state index is 11.6. The van der Waals surface area contributed by atoms with Crippen molar-refractivity contribution < 1.29 is 4.79 Å². The molecule has 1 rings (SSSR count). The lowest BCUT2D eigenvalue weighted by Crippen LogP contribution is -2.37. The predicted molar refractivity (Wildman–Crippen MR) is 64.2 cm³/mol. The minimum atomic E-state index is 0.000324. The number of nitrogens with one attached hydrogen (secondary N) is 2. The number of aromatic nitrogens is 2. The Morgan fingerprint density at radius 3 is 2.69 bits per heavy atom. The molecular formula is C11H20N4O. The fourth-order valence-corrected chi connectivity index (χ4v) is 1.25. The van der Waals surface area contributed by atoms with Crippen LogP contribution in [0.3, 0.4) is 0 Å². The topological polar surface area (TPSA) is 59.0 Å². The van der Waals surface area contributed by atoms with Gasteiger partial charge in [0.25, 0.3) is 0 Å². The summed E-state index contributed by atoms with van der Waals surface area (Å²) in [4.78, 5) is 11.6. The highest BCUT2D eigenvalue weighted by atomic mass is 16.1. The fourth-order valence-electron chi connectivity index (χ4n) is 1.25. The highest BCUT2D eigenvalue weighted by Crippen LogP contribution is 2.04. The zero-order valence-corrected chi connectivity index (χ0v) is 10.4. The lowest BCUT2D eigenvalue weighted by atomic mass is 10.1. The van der Waals surface area contributed by atoms with Gasteiger partial charge in [-0.2, -0.15) is 5.10 Å². The van der Waals surface area contributed by atoms with Crippen LogP contribution in [0.1, 0.15) is 27.2 Å². The van der Waals surface area contributed by atoms with Crippen molar-refractivity contribution in [1.82, 2.24) is 15.1 Å². The number of carbonyl (C=O) groups excluding carboxylic acids is 1. The number of anilines is 1. The summed E-state index contributed by atoms with van der Waals surface area (Å²) in [6, 6.07) is 1.77. The Labute approximate surface area is 96.2 Å². The number of rotatable bonds is 4. The van der Waals surface area contributed by atoms with Gasteiger partial charge in [0.1, 0.15) is 5.82 Å². The summed E-state index contributed by atoms with van der Waals surface area (Å²) in [6.07, 6.45) is 2.12. The number of hydrogen-bond donors (Lipinski definition) is 2. The highest BCUT2D eigenvalue weighted by molar-refractivity contribution is 5.89. The number of carbonyl (C=O) groups is 1. The minimum absolute atomic E-state index is 0.000324. The second-order valence-corrected chi connectivity index (χ2v) is 4.82. The summed E-state index contributed by atoms with van der Waals surface area (Å²) in [6.45, 7) is 6.90. The second kappa shape index (κ2) is 5.12. The van der Waals surface area contributed by atoms with Crippen LogP contribution in [0, 0.1) is 0 Å². The zero-order valence-electron chi connectivity index (χ0n) is 10.4. The van der Waals surface area contributed by atoms with Crippen LogP contribution in [0.5, 0.6) is 0 Å². The Bertz CT molecular complexity index is 351. The summed E-state index contributed by atoms with van der Waals surface area (Å²) in [5.41, 5.74) is 0.0484. The standard InChI is InChI=1S/C11H20N4O/c1-11(2,3)12-7-6-10(16)14-9-5-8-13-15(9)4/h5,8,12H,6-7H2,1-4H3,(H,14,16). The molecule has 0 aliphatic rings. The number of hydrogen-bond acceptors (Lipinski definition) is 3. The Kier molecular flexibility index (Phi) is 4.06. The average Bonchev–Trinajstić information content (AvgIpc) is 2.49. The van der Waals surface area contributed by atoms with Crippen molar-refractivity contribution in [3.63, 3.8) is 0 Å². The Morgan fingerprint density at radius 2 is 2.19 bits per heavy atom. The third-order valence-corrected chi connectivity index (χ3v) is 2.10. The van der Waals surface area contributed by atoms with Crippen LogP contribution in [0.2, 0.25) is 0 Å². The van der Waals surface area contributed by atoms with E-state index in [1.54, 1.807) is 24.0 Å². The molecule has 0 spiro atoms. The van der Waals surface area contributed by atoms with Gasteiger partial charge in [-0.1, -0.05) is 0 Å². The lowest BCUT2D eigenvalue weighted by Gasteiger charge is -2.20. The van der Waals surface area contributed by atoms with Crippen LogP contribution in [0.4, 0.5) is 5.82 Å². The van der Waals surface area contributed by atoms with E-state index in [-0.39, 0.29) is 11.4 Å². The van der Waals surface area contributed by atoms with Gasteiger partial charge in [0.15, 0.2) is 0 Å². The first-order valence-electron chi connectivity index (χ1n) is 5.41. The first-order chi connectivity index (χ1) is 7.38. The third kappa shape index (κ3) is 4.44. The maximum atomic E-state index is 11.6. The monoisotopic (exact) mass is 224 g/mol. The zero-order chi connectivity index (χ0) is 12.2. The lowest BCUT2D eigenvalue weighted by molar-refractivity contribution is -0.116. The maximum Gasteiger partial charge on any atom is 0.226 e. The van der Waals surface area contributed by atoms with E-state index in [4.69, 9.17) is 0 Å². The Balaban J connectivity index is 2.30. The van der Waals surface area contributed by atoms with Crippen molar-refractivity contribution in [2.75, 3.05) is 11.9 Å². The molecule has 0 aromatic carbocycles. The molecule has 1 heterocycles. The normalized spacial score (nSPS) is 11.5. The van der Waals surface area contributed by atoms with E-state index in [9.17, 15) is 4.79 Å². The van der Waals surface area contributed by atoms with Crippen LogP contribution in [-0.4, -0.2) is 27.8 Å². The van der Waals surface area contributed by atoms with E-state index < -0.39 is 0 Å². The van der Waals surface area contributed by atoms with Crippen molar-refractivity contribution in [2.45, 2.75) is 32.7 Å². The molecule has 16 heavy (non-hydrogen) atoms. The van der Waals surface area contributed by atoms with E-state index >= 15 is 0 Å². The molecule has 1 aromatic heterocycles. The molecule has 0 radical (unpaired) electrons. The summed E-state index contributed by atoms with van der Waals surface area (Å²) < 4.78 is 1.63. The molecule has 0 saturated heterocycles. The summed E-state index contributed by atoms with van der Waals surface area (Å²) in [7, 11) is 1.79. The molecule has 1 aromatic rings. The molecule has 1 amide bonds. The second-order valence-electron chi connectivity index (χ2n) is 4.82. The van der Waals surface area contributed by atoms with Crippen molar-refractivity contribution in [1.29, 1.82) is 0 Å². The molecule has 5 nitrogen and oxygen atoms in total. The summed E-state index contributed by atoms with van der Waals surface area (Å²) in [5.74, 6) is 0.723. The molecule has 5 heteroatoms. The van der Waals surface area contributed by atoms with Crippen LogP contribution in [-0.2, 0) is 11.8 Å². The van der Waals surface area contributed by atoms with Crippen LogP contribution < -0.4 is 10.6 Å². The van der Waals surface area contributed by atoms with Gasteiger partial charge in [0.2, 0.25) is 5.91 Å². The van der Waals surface area contributed by atoms with Crippen molar-refractivity contribution >= 4 is 11.7 Å². The van der Waals surface area contributed by atoms with Crippen LogP contribution in [0.15, 0.2) is 12.3 Å². The van der Waals surface area contributed by atoms with Crippen LogP contribution >= 0.6 is 0 Å².